The maximum absolute atomic E-state index is 14.2. The van der Waals surface area contributed by atoms with Crippen molar-refractivity contribution in [2.75, 3.05) is 6.54 Å². The fourth-order valence-electron chi connectivity index (χ4n) is 2.02. The Morgan fingerprint density at radius 1 is 1.05 bits per heavy atom. The number of hydrogen-bond donors (Lipinski definition) is 1. The van der Waals surface area contributed by atoms with Gasteiger partial charge in [-0.2, -0.15) is 0 Å². The summed E-state index contributed by atoms with van der Waals surface area (Å²) < 4.78 is 14.2. The molecule has 4 heteroatoms. The fourth-order valence-corrected chi connectivity index (χ4v) is 2.55. The van der Waals surface area contributed by atoms with Crippen LogP contribution in [0.4, 0.5) is 4.39 Å². The Hall–Kier alpha value is -1.09. The first-order valence-electron chi connectivity index (χ1n) is 6.55. The predicted octanol–water partition coefficient (Wildman–Crippen LogP) is 5.30. The van der Waals surface area contributed by atoms with Crippen LogP contribution in [-0.2, 0) is 6.54 Å². The maximum atomic E-state index is 14.2. The molecule has 106 valence electrons. The SMILES string of the molecule is CCCNCc1ccc(-c2cc(Cl)cc(Cl)c2)c(F)c1. The molecule has 0 atom stereocenters. The van der Waals surface area contributed by atoms with Crippen molar-refractivity contribution in [3.63, 3.8) is 0 Å². The molecular weight excluding hydrogens is 296 g/mol. The van der Waals surface area contributed by atoms with Crippen molar-refractivity contribution in [1.29, 1.82) is 0 Å². The Morgan fingerprint density at radius 2 is 1.75 bits per heavy atom. The molecule has 0 saturated carbocycles. The molecule has 1 nitrogen and oxygen atoms in total. The summed E-state index contributed by atoms with van der Waals surface area (Å²) in [6.45, 7) is 3.69. The van der Waals surface area contributed by atoms with Crippen LogP contribution < -0.4 is 5.32 Å². The molecule has 0 radical (unpaired) electrons. The van der Waals surface area contributed by atoms with Gasteiger partial charge < -0.3 is 5.32 Å². The summed E-state index contributed by atoms with van der Waals surface area (Å²) in [4.78, 5) is 0. The molecule has 0 aliphatic rings. The van der Waals surface area contributed by atoms with Gasteiger partial charge in [0.05, 0.1) is 0 Å². The van der Waals surface area contributed by atoms with Crippen molar-refractivity contribution >= 4 is 23.2 Å². The van der Waals surface area contributed by atoms with Crippen molar-refractivity contribution in [1.82, 2.24) is 5.32 Å². The van der Waals surface area contributed by atoms with Gasteiger partial charge in [0.25, 0.3) is 0 Å². The largest absolute Gasteiger partial charge is 0.313 e. The molecule has 0 aromatic heterocycles. The quantitative estimate of drug-likeness (QED) is 0.739. The van der Waals surface area contributed by atoms with Gasteiger partial charge in [-0.1, -0.05) is 42.3 Å². The van der Waals surface area contributed by atoms with Gasteiger partial charge in [0.2, 0.25) is 0 Å². The Labute approximate surface area is 128 Å². The molecule has 0 amide bonds. The Morgan fingerprint density at radius 3 is 2.35 bits per heavy atom. The second kappa shape index (κ2) is 7.07. The van der Waals surface area contributed by atoms with E-state index in [1.54, 1.807) is 30.3 Å². The van der Waals surface area contributed by atoms with Gasteiger partial charge in [0.15, 0.2) is 0 Å². The molecule has 1 N–H and O–H groups in total. The summed E-state index contributed by atoms with van der Waals surface area (Å²) in [5.41, 5.74) is 2.12. The zero-order chi connectivity index (χ0) is 14.5. The van der Waals surface area contributed by atoms with Crippen LogP contribution in [0, 0.1) is 5.82 Å². The van der Waals surface area contributed by atoms with Crippen molar-refractivity contribution in [2.24, 2.45) is 0 Å². The maximum Gasteiger partial charge on any atom is 0.131 e. The highest BCUT2D eigenvalue weighted by Gasteiger charge is 2.08. The highest BCUT2D eigenvalue weighted by molar-refractivity contribution is 6.35. The Balaban J connectivity index is 2.25. The third-order valence-electron chi connectivity index (χ3n) is 2.96. The topological polar surface area (TPSA) is 12.0 Å². The van der Waals surface area contributed by atoms with E-state index in [1.165, 1.54) is 0 Å². The van der Waals surface area contributed by atoms with Gasteiger partial charge in [-0.15, -0.1) is 0 Å². The Kier molecular flexibility index (Phi) is 5.41. The van der Waals surface area contributed by atoms with Crippen LogP contribution in [0.25, 0.3) is 11.1 Å². The van der Waals surface area contributed by atoms with E-state index in [4.69, 9.17) is 23.2 Å². The highest BCUT2D eigenvalue weighted by Crippen LogP contribution is 2.29. The van der Waals surface area contributed by atoms with Crippen LogP contribution in [0.5, 0.6) is 0 Å². The number of nitrogens with one attached hydrogen (secondary N) is 1. The van der Waals surface area contributed by atoms with E-state index in [2.05, 4.69) is 12.2 Å². The zero-order valence-corrected chi connectivity index (χ0v) is 12.7. The van der Waals surface area contributed by atoms with Gasteiger partial charge >= 0.3 is 0 Å². The second-order valence-electron chi connectivity index (χ2n) is 4.65. The summed E-state index contributed by atoms with van der Waals surface area (Å²) in [6.07, 6.45) is 1.06. The first-order chi connectivity index (χ1) is 9.60. The summed E-state index contributed by atoms with van der Waals surface area (Å²) in [6, 6.07) is 10.3. The first-order valence-corrected chi connectivity index (χ1v) is 7.31. The molecule has 0 spiro atoms. The van der Waals surface area contributed by atoms with Crippen LogP contribution >= 0.6 is 23.2 Å². The van der Waals surface area contributed by atoms with Crippen molar-refractivity contribution in [2.45, 2.75) is 19.9 Å². The molecule has 0 heterocycles. The minimum absolute atomic E-state index is 0.265. The molecular formula is C16H16Cl2FN. The standard InChI is InChI=1S/C16H16Cl2FN/c1-2-5-20-10-11-3-4-15(16(19)6-11)12-7-13(17)9-14(18)8-12/h3-4,6-9,20H,2,5,10H2,1H3. The lowest BCUT2D eigenvalue weighted by Crippen LogP contribution is -2.13. The lowest BCUT2D eigenvalue weighted by atomic mass is 10.0. The summed E-state index contributed by atoms with van der Waals surface area (Å²) >= 11 is 11.9. The lowest BCUT2D eigenvalue weighted by molar-refractivity contribution is 0.622. The molecule has 0 unspecified atom stereocenters. The van der Waals surface area contributed by atoms with Gasteiger partial charge in [0.1, 0.15) is 5.82 Å². The lowest BCUT2D eigenvalue weighted by Gasteiger charge is -2.08. The second-order valence-corrected chi connectivity index (χ2v) is 5.52. The number of halogens is 3. The first kappa shape index (κ1) is 15.3. The van der Waals surface area contributed by atoms with E-state index in [1.807, 2.05) is 6.07 Å². The molecule has 2 aromatic rings. The summed E-state index contributed by atoms with van der Waals surface area (Å²) in [5, 5.41) is 4.25. The monoisotopic (exact) mass is 311 g/mol. The van der Waals surface area contributed by atoms with E-state index in [9.17, 15) is 4.39 Å². The van der Waals surface area contributed by atoms with Crippen LogP contribution in [0.3, 0.4) is 0 Å². The van der Waals surface area contributed by atoms with Crippen LogP contribution in [0.2, 0.25) is 10.0 Å². The van der Waals surface area contributed by atoms with Crippen molar-refractivity contribution in [3.05, 3.63) is 57.8 Å². The predicted molar refractivity (Wildman–Crippen MR) is 83.9 cm³/mol. The average molecular weight is 312 g/mol. The minimum Gasteiger partial charge on any atom is -0.313 e. The molecule has 0 aliphatic heterocycles. The Bertz CT molecular complexity index is 579. The number of rotatable bonds is 5. The van der Waals surface area contributed by atoms with Gasteiger partial charge in [-0.25, -0.2) is 4.39 Å². The summed E-state index contributed by atoms with van der Waals surface area (Å²) in [5.74, 6) is -0.265. The van der Waals surface area contributed by atoms with Gasteiger partial charge in [-0.05, 0) is 48.4 Å². The molecule has 0 bridgehead atoms. The van der Waals surface area contributed by atoms with Crippen molar-refractivity contribution < 1.29 is 4.39 Å². The fraction of sp³-hybridized carbons (Fsp3) is 0.250. The van der Waals surface area contributed by atoms with Crippen LogP contribution in [0.1, 0.15) is 18.9 Å². The highest BCUT2D eigenvalue weighted by atomic mass is 35.5. The van der Waals surface area contributed by atoms with Gasteiger partial charge in [0, 0.05) is 22.2 Å². The molecule has 0 fully saturated rings. The van der Waals surface area contributed by atoms with E-state index in [0.717, 1.165) is 18.5 Å². The minimum atomic E-state index is -0.265. The average Bonchev–Trinajstić information content (AvgIpc) is 2.38. The van der Waals surface area contributed by atoms with Crippen LogP contribution in [-0.4, -0.2) is 6.54 Å². The van der Waals surface area contributed by atoms with E-state index < -0.39 is 0 Å². The van der Waals surface area contributed by atoms with E-state index in [-0.39, 0.29) is 5.82 Å². The molecule has 2 rings (SSSR count). The van der Waals surface area contributed by atoms with E-state index in [0.29, 0.717) is 27.7 Å². The molecule has 20 heavy (non-hydrogen) atoms. The summed E-state index contributed by atoms with van der Waals surface area (Å²) in [7, 11) is 0. The van der Waals surface area contributed by atoms with E-state index >= 15 is 0 Å². The molecule has 0 aliphatic carbocycles. The van der Waals surface area contributed by atoms with Gasteiger partial charge in [-0.3, -0.25) is 0 Å². The number of benzene rings is 2. The zero-order valence-electron chi connectivity index (χ0n) is 11.2. The molecule has 2 aromatic carbocycles. The van der Waals surface area contributed by atoms with Crippen molar-refractivity contribution in [3.8, 4) is 11.1 Å². The third kappa shape index (κ3) is 3.95. The van der Waals surface area contributed by atoms with Crippen LogP contribution in [0.15, 0.2) is 36.4 Å². The molecule has 0 saturated heterocycles. The third-order valence-corrected chi connectivity index (χ3v) is 3.40. The normalized spacial score (nSPS) is 10.8. The smallest absolute Gasteiger partial charge is 0.131 e. The number of hydrogen-bond acceptors (Lipinski definition) is 1.